The van der Waals surface area contributed by atoms with Crippen LogP contribution >= 0.6 is 23.7 Å². The molecule has 1 unspecified atom stereocenters. The fourth-order valence-electron chi connectivity index (χ4n) is 0.272. The van der Waals surface area contributed by atoms with E-state index in [-0.39, 0.29) is 0 Å². The Balaban J connectivity index is 1.88. The Bertz CT molecular complexity index is 44.1. The first-order chi connectivity index (χ1) is 2.93. The Hall–Kier alpha value is 0.660. The van der Waals surface area contributed by atoms with E-state index in [2.05, 4.69) is 0 Å². The van der Waals surface area contributed by atoms with E-state index in [0.717, 1.165) is 11.0 Å². The van der Waals surface area contributed by atoms with Gasteiger partial charge in [0.2, 0.25) is 0 Å². The van der Waals surface area contributed by atoms with Gasteiger partial charge in [-0.15, -0.1) is 0 Å². The molecule has 1 heterocycles. The molecule has 1 nitrogen and oxygen atoms in total. The normalized spacial score (nSPS) is 30.5. The molecule has 0 spiro atoms. The number of hydrogen-bond donors (Lipinski definition) is 1. The van der Waals surface area contributed by atoms with Crippen molar-refractivity contribution in [2.75, 3.05) is 11.5 Å². The van der Waals surface area contributed by atoms with E-state index in [1.165, 1.54) is 17.7 Å². The molecule has 0 aromatic heterocycles. The van der Waals surface area contributed by atoms with Crippen LogP contribution in [0.3, 0.4) is 0 Å². The molecule has 1 saturated heterocycles. The highest BCUT2D eigenvalue weighted by Gasteiger charge is 2.20. The van der Waals surface area contributed by atoms with Crippen molar-refractivity contribution in [2.24, 2.45) is 5.14 Å². The van der Waals surface area contributed by atoms with Crippen LogP contribution < -0.4 is 5.14 Å². The molecule has 0 aliphatic carbocycles. The van der Waals surface area contributed by atoms with Crippen LogP contribution in [0.4, 0.5) is 0 Å². The molecule has 0 aromatic carbocycles. The smallest absolute Gasteiger partial charge is 0.0241 e. The summed E-state index contributed by atoms with van der Waals surface area (Å²) in [6.45, 7) is 0. The SMILES string of the molecule is NSCC1CS1. The van der Waals surface area contributed by atoms with Gasteiger partial charge in [0.25, 0.3) is 0 Å². The maximum atomic E-state index is 5.17. The molecule has 0 amide bonds. The highest BCUT2D eigenvalue weighted by atomic mass is 32.2. The molecule has 6 heavy (non-hydrogen) atoms. The Morgan fingerprint density at radius 2 is 2.67 bits per heavy atom. The molecule has 1 atom stereocenters. The molecule has 0 bridgehead atoms. The third-order valence-electron chi connectivity index (χ3n) is 0.684. The number of rotatable bonds is 2. The fourth-order valence-corrected chi connectivity index (χ4v) is 1.63. The first kappa shape index (κ1) is 4.81. The molecule has 3 heteroatoms. The Kier molecular flexibility index (Phi) is 1.68. The average Bonchev–Trinajstić information content (AvgIpc) is 2.21. The van der Waals surface area contributed by atoms with E-state index in [0.29, 0.717) is 0 Å². The maximum absolute atomic E-state index is 5.17. The number of nitrogens with two attached hydrogens (primary N) is 1. The second kappa shape index (κ2) is 2.09. The van der Waals surface area contributed by atoms with Crippen molar-refractivity contribution in [2.45, 2.75) is 5.25 Å². The van der Waals surface area contributed by atoms with Gasteiger partial charge >= 0.3 is 0 Å². The molecule has 0 aromatic rings. The van der Waals surface area contributed by atoms with E-state index in [1.807, 2.05) is 11.8 Å². The van der Waals surface area contributed by atoms with Crippen molar-refractivity contribution in [1.29, 1.82) is 0 Å². The van der Waals surface area contributed by atoms with E-state index < -0.39 is 0 Å². The van der Waals surface area contributed by atoms with Crippen LogP contribution in [0, 0.1) is 0 Å². The summed E-state index contributed by atoms with van der Waals surface area (Å²) in [6, 6.07) is 0. The molecule has 36 valence electrons. The summed E-state index contributed by atoms with van der Waals surface area (Å²) < 4.78 is 0. The van der Waals surface area contributed by atoms with Crippen molar-refractivity contribution in [3.63, 3.8) is 0 Å². The summed E-state index contributed by atoms with van der Waals surface area (Å²) in [5.41, 5.74) is 0. The average molecular weight is 121 g/mol. The van der Waals surface area contributed by atoms with Crippen LogP contribution in [0.5, 0.6) is 0 Å². The van der Waals surface area contributed by atoms with Gasteiger partial charge in [0.1, 0.15) is 0 Å². The maximum Gasteiger partial charge on any atom is 0.0241 e. The van der Waals surface area contributed by atoms with Gasteiger partial charge < -0.3 is 0 Å². The summed E-state index contributed by atoms with van der Waals surface area (Å²) in [4.78, 5) is 0. The minimum atomic E-state index is 0.903. The molecule has 1 fully saturated rings. The van der Waals surface area contributed by atoms with Crippen molar-refractivity contribution in [3.05, 3.63) is 0 Å². The zero-order chi connectivity index (χ0) is 4.41. The lowest BCUT2D eigenvalue weighted by Gasteiger charge is -1.81. The molecule has 2 N–H and O–H groups in total. The van der Waals surface area contributed by atoms with Crippen LogP contribution in [0.25, 0.3) is 0 Å². The van der Waals surface area contributed by atoms with Crippen LogP contribution in [0.15, 0.2) is 0 Å². The molecule has 1 aliphatic rings. The van der Waals surface area contributed by atoms with Gasteiger partial charge in [-0.2, -0.15) is 11.8 Å². The zero-order valence-corrected chi connectivity index (χ0v) is 5.02. The zero-order valence-electron chi connectivity index (χ0n) is 3.39. The highest BCUT2D eigenvalue weighted by Crippen LogP contribution is 2.31. The molecular formula is C3H7NS2. The van der Waals surface area contributed by atoms with Gasteiger partial charge in [-0.25, -0.2) is 0 Å². The molecule has 1 rings (SSSR count). The summed E-state index contributed by atoms with van der Waals surface area (Å²) in [5, 5.41) is 6.08. The lowest BCUT2D eigenvalue weighted by Crippen LogP contribution is -1.90. The number of thioether (sulfide) groups is 1. The van der Waals surface area contributed by atoms with E-state index in [1.54, 1.807) is 0 Å². The Morgan fingerprint density at radius 3 is 2.83 bits per heavy atom. The predicted molar refractivity (Wildman–Crippen MR) is 32.9 cm³/mol. The second-order valence-corrected chi connectivity index (χ2v) is 3.29. The van der Waals surface area contributed by atoms with Gasteiger partial charge in [-0.05, 0) is 0 Å². The third kappa shape index (κ3) is 1.41. The van der Waals surface area contributed by atoms with Crippen LogP contribution in [0.2, 0.25) is 0 Å². The lowest BCUT2D eigenvalue weighted by atomic mass is 10.6. The van der Waals surface area contributed by atoms with Crippen LogP contribution in [-0.4, -0.2) is 16.8 Å². The minimum Gasteiger partial charge on any atom is -0.278 e. The summed E-state index contributed by atoms with van der Waals surface area (Å²) in [7, 11) is 0. The predicted octanol–water partition coefficient (Wildman–Crippen LogP) is 0.709. The number of hydrogen-bond acceptors (Lipinski definition) is 3. The van der Waals surface area contributed by atoms with Gasteiger partial charge in [0.15, 0.2) is 0 Å². The summed E-state index contributed by atoms with van der Waals surface area (Å²) in [6.07, 6.45) is 0. The topological polar surface area (TPSA) is 26.0 Å². The Labute approximate surface area is 46.2 Å². The molecule has 1 aliphatic heterocycles. The van der Waals surface area contributed by atoms with Gasteiger partial charge in [0, 0.05) is 16.8 Å². The first-order valence-electron chi connectivity index (χ1n) is 1.87. The molecule has 0 radical (unpaired) electrons. The third-order valence-corrected chi connectivity index (χ3v) is 2.46. The monoisotopic (exact) mass is 121 g/mol. The van der Waals surface area contributed by atoms with E-state index in [4.69, 9.17) is 5.14 Å². The lowest BCUT2D eigenvalue weighted by molar-refractivity contribution is 1.27. The van der Waals surface area contributed by atoms with Gasteiger partial charge in [-0.1, -0.05) is 11.9 Å². The van der Waals surface area contributed by atoms with Gasteiger partial charge in [0.05, 0.1) is 0 Å². The van der Waals surface area contributed by atoms with Crippen molar-refractivity contribution in [3.8, 4) is 0 Å². The molecular weight excluding hydrogens is 114 g/mol. The highest BCUT2D eigenvalue weighted by molar-refractivity contribution is 8.08. The summed E-state index contributed by atoms with van der Waals surface area (Å²) >= 11 is 3.44. The standard InChI is InChI=1S/C3H7NS2/c4-6-2-3-1-5-3/h3H,1-2,4H2. The van der Waals surface area contributed by atoms with Crippen molar-refractivity contribution in [1.82, 2.24) is 0 Å². The minimum absolute atomic E-state index is 0.903. The Morgan fingerprint density at radius 1 is 2.00 bits per heavy atom. The van der Waals surface area contributed by atoms with Crippen molar-refractivity contribution < 1.29 is 0 Å². The van der Waals surface area contributed by atoms with E-state index >= 15 is 0 Å². The fraction of sp³-hybridized carbons (Fsp3) is 1.00. The summed E-state index contributed by atoms with van der Waals surface area (Å²) in [5.74, 6) is 2.48. The van der Waals surface area contributed by atoms with E-state index in [9.17, 15) is 0 Å². The van der Waals surface area contributed by atoms with Gasteiger partial charge in [-0.3, -0.25) is 5.14 Å². The molecule has 0 saturated carbocycles. The quantitative estimate of drug-likeness (QED) is 0.430. The first-order valence-corrected chi connectivity index (χ1v) is 3.96. The second-order valence-electron chi connectivity index (χ2n) is 1.29. The van der Waals surface area contributed by atoms with Crippen LogP contribution in [-0.2, 0) is 0 Å². The van der Waals surface area contributed by atoms with Crippen molar-refractivity contribution >= 4 is 23.7 Å². The largest absolute Gasteiger partial charge is 0.278 e. The van der Waals surface area contributed by atoms with Crippen LogP contribution in [0.1, 0.15) is 0 Å².